The summed E-state index contributed by atoms with van der Waals surface area (Å²) in [6.45, 7) is 2.34. The van der Waals surface area contributed by atoms with Gasteiger partial charge in [0.25, 0.3) is 0 Å². The van der Waals surface area contributed by atoms with E-state index in [1.807, 2.05) is 6.92 Å². The lowest BCUT2D eigenvalue weighted by molar-refractivity contribution is -0.141. The summed E-state index contributed by atoms with van der Waals surface area (Å²) in [5.74, 6) is 0.0443. The molecule has 0 aliphatic heterocycles. The summed E-state index contributed by atoms with van der Waals surface area (Å²) in [5.41, 5.74) is -1.07. The van der Waals surface area contributed by atoms with E-state index in [4.69, 9.17) is 16.3 Å². The number of ether oxygens (including phenoxy) is 1. The molecule has 1 aromatic rings. The Labute approximate surface area is 114 Å². The smallest absolute Gasteiger partial charge is 0.383 e. The van der Waals surface area contributed by atoms with Crippen LogP contribution in [0.5, 0.6) is 0 Å². The van der Waals surface area contributed by atoms with Gasteiger partial charge in [0.1, 0.15) is 5.82 Å². The van der Waals surface area contributed by atoms with Gasteiger partial charge in [0.2, 0.25) is 5.28 Å². The van der Waals surface area contributed by atoms with E-state index < -0.39 is 17.2 Å². The molecule has 1 aromatic heterocycles. The van der Waals surface area contributed by atoms with Crippen molar-refractivity contribution in [3.63, 3.8) is 0 Å². The topological polar surface area (TPSA) is 47.0 Å². The van der Waals surface area contributed by atoms with Crippen LogP contribution in [0.15, 0.2) is 6.07 Å². The van der Waals surface area contributed by atoms with Gasteiger partial charge in [0.05, 0.1) is 12.6 Å². The molecule has 0 bridgehead atoms. The second kappa shape index (κ2) is 6.91. The first-order valence-electron chi connectivity index (χ1n) is 5.74. The highest BCUT2D eigenvalue weighted by molar-refractivity contribution is 6.28. The van der Waals surface area contributed by atoms with Crippen LogP contribution in [0.1, 0.15) is 25.5 Å². The van der Waals surface area contributed by atoms with E-state index in [1.54, 1.807) is 0 Å². The minimum absolute atomic E-state index is 0.0443. The van der Waals surface area contributed by atoms with Crippen LogP contribution in [0.25, 0.3) is 0 Å². The van der Waals surface area contributed by atoms with Crippen molar-refractivity contribution in [2.75, 3.05) is 19.0 Å². The molecular formula is C11H15ClF3N3O. The van der Waals surface area contributed by atoms with Gasteiger partial charge < -0.3 is 10.1 Å². The number of methoxy groups -OCH3 is 1. The number of anilines is 1. The second-order valence-electron chi connectivity index (χ2n) is 3.99. The molecular weight excluding hydrogens is 283 g/mol. The van der Waals surface area contributed by atoms with Crippen LogP contribution >= 0.6 is 11.6 Å². The number of nitrogens with zero attached hydrogens (tertiary/aromatic N) is 2. The number of halogens is 4. The number of hydrogen-bond donors (Lipinski definition) is 1. The molecule has 8 heteroatoms. The SMILES string of the molecule is CCCC(COC)Nc1cc(C(F)(F)F)nc(Cl)n1. The van der Waals surface area contributed by atoms with E-state index in [0.29, 0.717) is 6.61 Å². The number of rotatable bonds is 6. The van der Waals surface area contributed by atoms with Gasteiger partial charge in [-0.15, -0.1) is 0 Å². The lowest BCUT2D eigenvalue weighted by Crippen LogP contribution is -2.25. The summed E-state index contributed by atoms with van der Waals surface area (Å²) >= 11 is 5.50. The Morgan fingerprint density at radius 3 is 2.63 bits per heavy atom. The maximum Gasteiger partial charge on any atom is 0.433 e. The third-order valence-corrected chi connectivity index (χ3v) is 2.52. The van der Waals surface area contributed by atoms with Crippen LogP contribution in [-0.2, 0) is 10.9 Å². The maximum atomic E-state index is 12.6. The van der Waals surface area contributed by atoms with E-state index in [-0.39, 0.29) is 11.9 Å². The summed E-state index contributed by atoms with van der Waals surface area (Å²) < 4.78 is 42.7. The Bertz CT molecular complexity index is 409. The van der Waals surface area contributed by atoms with E-state index in [9.17, 15) is 13.2 Å². The summed E-state index contributed by atoms with van der Waals surface area (Å²) in [6.07, 6.45) is -2.94. The molecule has 1 heterocycles. The third-order valence-electron chi connectivity index (χ3n) is 2.35. The van der Waals surface area contributed by atoms with Crippen LogP contribution in [0, 0.1) is 0 Å². The predicted molar refractivity (Wildman–Crippen MR) is 66.2 cm³/mol. The Morgan fingerprint density at radius 1 is 1.42 bits per heavy atom. The highest BCUT2D eigenvalue weighted by atomic mass is 35.5. The minimum atomic E-state index is -4.55. The molecule has 0 aliphatic carbocycles. The molecule has 1 atom stereocenters. The molecule has 0 aliphatic rings. The minimum Gasteiger partial charge on any atom is -0.383 e. The van der Waals surface area contributed by atoms with Gasteiger partial charge in [0, 0.05) is 13.2 Å². The fraction of sp³-hybridized carbons (Fsp3) is 0.636. The molecule has 108 valence electrons. The fourth-order valence-corrected chi connectivity index (χ4v) is 1.78. The third kappa shape index (κ3) is 5.20. The summed E-state index contributed by atoms with van der Waals surface area (Å²) in [6, 6.07) is 0.714. The van der Waals surface area contributed by atoms with E-state index >= 15 is 0 Å². The van der Waals surface area contributed by atoms with Crippen molar-refractivity contribution in [3.8, 4) is 0 Å². The van der Waals surface area contributed by atoms with Crippen molar-refractivity contribution in [2.45, 2.75) is 32.0 Å². The first-order chi connectivity index (χ1) is 8.86. The normalized spacial score (nSPS) is 13.4. The standard InChI is InChI=1S/C11H15ClF3N3O/c1-3-4-7(6-19-2)16-9-5-8(11(13,14)15)17-10(12)18-9/h5,7H,3-4,6H2,1-2H3,(H,16,17,18). The van der Waals surface area contributed by atoms with Crippen LogP contribution in [-0.4, -0.2) is 29.7 Å². The van der Waals surface area contributed by atoms with Crippen LogP contribution in [0.3, 0.4) is 0 Å². The monoisotopic (exact) mass is 297 g/mol. The second-order valence-corrected chi connectivity index (χ2v) is 4.33. The van der Waals surface area contributed by atoms with E-state index in [2.05, 4.69) is 15.3 Å². The van der Waals surface area contributed by atoms with Crippen LogP contribution < -0.4 is 5.32 Å². The molecule has 0 spiro atoms. The molecule has 0 amide bonds. The quantitative estimate of drug-likeness (QED) is 0.818. The van der Waals surface area contributed by atoms with Gasteiger partial charge in [-0.05, 0) is 18.0 Å². The largest absolute Gasteiger partial charge is 0.433 e. The number of aromatic nitrogens is 2. The van der Waals surface area contributed by atoms with Crippen molar-refractivity contribution in [2.24, 2.45) is 0 Å². The Balaban J connectivity index is 2.90. The zero-order valence-corrected chi connectivity index (χ0v) is 11.3. The van der Waals surface area contributed by atoms with Crippen LogP contribution in [0.2, 0.25) is 5.28 Å². The van der Waals surface area contributed by atoms with Crippen LogP contribution in [0.4, 0.5) is 19.0 Å². The summed E-state index contributed by atoms with van der Waals surface area (Å²) in [7, 11) is 1.53. The maximum absolute atomic E-state index is 12.6. The number of nitrogens with one attached hydrogen (secondary N) is 1. The number of hydrogen-bond acceptors (Lipinski definition) is 4. The van der Waals surface area contributed by atoms with Gasteiger partial charge in [-0.25, -0.2) is 9.97 Å². The van der Waals surface area contributed by atoms with Crippen molar-refractivity contribution in [1.82, 2.24) is 9.97 Å². The molecule has 1 rings (SSSR count). The zero-order chi connectivity index (χ0) is 14.5. The molecule has 0 fully saturated rings. The molecule has 19 heavy (non-hydrogen) atoms. The van der Waals surface area contributed by atoms with Crippen molar-refractivity contribution >= 4 is 17.4 Å². The molecule has 0 radical (unpaired) electrons. The van der Waals surface area contributed by atoms with E-state index in [1.165, 1.54) is 7.11 Å². The summed E-state index contributed by atoms with van der Waals surface area (Å²) in [4.78, 5) is 6.90. The molecule has 0 aromatic carbocycles. The predicted octanol–water partition coefficient (Wildman–Crippen LogP) is 3.38. The fourth-order valence-electron chi connectivity index (χ4n) is 1.59. The molecule has 1 N–H and O–H groups in total. The van der Waals surface area contributed by atoms with Gasteiger partial charge in [-0.1, -0.05) is 13.3 Å². The highest BCUT2D eigenvalue weighted by Crippen LogP contribution is 2.29. The molecule has 4 nitrogen and oxygen atoms in total. The Hall–Kier alpha value is -1.08. The highest BCUT2D eigenvalue weighted by Gasteiger charge is 2.33. The Kier molecular flexibility index (Phi) is 5.81. The van der Waals surface area contributed by atoms with E-state index in [0.717, 1.165) is 18.9 Å². The average Bonchev–Trinajstić information content (AvgIpc) is 2.27. The lowest BCUT2D eigenvalue weighted by Gasteiger charge is -2.18. The van der Waals surface area contributed by atoms with Crippen molar-refractivity contribution < 1.29 is 17.9 Å². The summed E-state index contributed by atoms with van der Waals surface area (Å²) in [5, 5.41) is 2.43. The molecule has 0 saturated carbocycles. The Morgan fingerprint density at radius 2 is 2.11 bits per heavy atom. The van der Waals surface area contributed by atoms with Crippen molar-refractivity contribution in [1.29, 1.82) is 0 Å². The molecule has 0 saturated heterocycles. The first-order valence-corrected chi connectivity index (χ1v) is 6.11. The van der Waals surface area contributed by atoms with Gasteiger partial charge in [-0.2, -0.15) is 13.2 Å². The zero-order valence-electron chi connectivity index (χ0n) is 10.6. The molecule has 1 unspecified atom stereocenters. The number of alkyl halides is 3. The van der Waals surface area contributed by atoms with Gasteiger partial charge in [-0.3, -0.25) is 0 Å². The van der Waals surface area contributed by atoms with Gasteiger partial charge in [0.15, 0.2) is 5.69 Å². The lowest BCUT2D eigenvalue weighted by atomic mass is 10.2. The first kappa shape index (κ1) is 16.0. The van der Waals surface area contributed by atoms with Gasteiger partial charge >= 0.3 is 6.18 Å². The van der Waals surface area contributed by atoms with Crippen molar-refractivity contribution in [3.05, 3.63) is 17.0 Å². The average molecular weight is 298 g/mol.